The molecular formula is C19H24F3N5O4S. The van der Waals surface area contributed by atoms with Crippen LogP contribution in [0.3, 0.4) is 0 Å². The molecule has 2 aliphatic rings. The molecule has 0 bridgehead atoms. The van der Waals surface area contributed by atoms with Gasteiger partial charge in [-0.05, 0) is 44.0 Å². The first-order valence-electron chi connectivity index (χ1n) is 10.1. The van der Waals surface area contributed by atoms with E-state index in [0.717, 1.165) is 6.42 Å². The lowest BCUT2D eigenvalue weighted by Gasteiger charge is -2.23. The Hall–Kier alpha value is -2.67. The molecule has 3 rings (SSSR count). The molecule has 9 nitrogen and oxygen atoms in total. The monoisotopic (exact) mass is 475 g/mol. The van der Waals surface area contributed by atoms with E-state index in [1.165, 1.54) is 29.2 Å². The van der Waals surface area contributed by atoms with Crippen molar-refractivity contribution in [1.29, 1.82) is 0 Å². The lowest BCUT2D eigenvalue weighted by molar-refractivity contribution is -0.141. The number of amides is 2. The number of hydrogen-bond donors (Lipinski definition) is 3. The van der Waals surface area contributed by atoms with Gasteiger partial charge in [-0.25, -0.2) is 8.42 Å². The maximum absolute atomic E-state index is 12.5. The maximum atomic E-state index is 12.5. The van der Waals surface area contributed by atoms with E-state index in [2.05, 4.69) is 15.0 Å². The number of rotatable bonds is 7. The number of carbonyl (C=O) groups excluding carboxylic acids is 2. The lowest BCUT2D eigenvalue weighted by Crippen LogP contribution is -2.47. The molecule has 0 aliphatic carbocycles. The Morgan fingerprint density at radius 3 is 2.69 bits per heavy atom. The summed E-state index contributed by atoms with van der Waals surface area (Å²) in [6.45, 7) is -0.683. The fraction of sp³-hybridized carbons (Fsp3) is 0.526. The number of nitrogens with one attached hydrogen (secondary N) is 3. The molecular weight excluding hydrogens is 451 g/mol. The number of benzene rings is 1. The lowest BCUT2D eigenvalue weighted by atomic mass is 10.2. The zero-order chi connectivity index (χ0) is 23.4. The highest BCUT2D eigenvalue weighted by Gasteiger charge is 2.34. The minimum Gasteiger partial charge on any atom is -0.346 e. The van der Waals surface area contributed by atoms with E-state index in [0.29, 0.717) is 38.2 Å². The minimum atomic E-state index is -4.51. The number of aliphatic imine (C=N–C) groups is 1. The van der Waals surface area contributed by atoms with E-state index in [4.69, 9.17) is 0 Å². The molecule has 3 N–H and O–H groups in total. The number of alkyl halides is 3. The van der Waals surface area contributed by atoms with Gasteiger partial charge in [0, 0.05) is 18.7 Å². The number of carbonyl (C=O) groups is 2. The van der Waals surface area contributed by atoms with Crippen LogP contribution in [-0.2, 0) is 19.6 Å². The molecule has 0 spiro atoms. The van der Waals surface area contributed by atoms with Gasteiger partial charge < -0.3 is 10.6 Å². The number of likely N-dealkylation sites (tertiary alicyclic amines) is 1. The number of nitrogens with zero attached hydrogens (tertiary/aromatic N) is 2. The molecule has 176 valence electrons. The fourth-order valence-corrected chi connectivity index (χ4v) is 4.71. The van der Waals surface area contributed by atoms with Gasteiger partial charge in [-0.1, -0.05) is 6.07 Å². The van der Waals surface area contributed by atoms with Crippen LogP contribution in [0.5, 0.6) is 0 Å². The second-order valence-electron chi connectivity index (χ2n) is 7.57. The highest BCUT2D eigenvalue weighted by Crippen LogP contribution is 2.20. The standard InChI is InChI=1S/C19H24F3N5O4S/c20-19(21,22)12-24-18(29)15-6-3-9-27(15)11-17(28)25-13-4-1-5-14(10-13)32(30,31)26-16-7-2-8-23-16/h1,4-5,10,15H,2-3,6-9,11-12H2,(H,23,26)(H,24,29)(H,25,28). The quantitative estimate of drug-likeness (QED) is 0.548. The normalized spacial score (nSPS) is 19.5. The molecule has 2 aliphatic heterocycles. The molecule has 2 amide bonds. The third-order valence-corrected chi connectivity index (χ3v) is 6.41. The SMILES string of the molecule is O=C(CN1CCCC1C(=O)NCC(F)(F)F)Nc1cccc(S(=O)(=O)NC2=NCCC2)c1. The Kier molecular flexibility index (Phi) is 7.39. The number of amidine groups is 1. The Morgan fingerprint density at radius 2 is 2.00 bits per heavy atom. The predicted molar refractivity (Wildman–Crippen MR) is 111 cm³/mol. The fourth-order valence-electron chi connectivity index (χ4n) is 3.58. The molecule has 1 aromatic rings. The van der Waals surface area contributed by atoms with Crippen molar-refractivity contribution in [3.63, 3.8) is 0 Å². The third-order valence-electron chi connectivity index (χ3n) is 5.03. The van der Waals surface area contributed by atoms with Crippen molar-refractivity contribution in [2.24, 2.45) is 4.99 Å². The van der Waals surface area contributed by atoms with Gasteiger partial charge in [-0.3, -0.25) is 24.2 Å². The summed E-state index contributed by atoms with van der Waals surface area (Å²) in [5.74, 6) is -0.895. The summed E-state index contributed by atoms with van der Waals surface area (Å²) in [4.78, 5) is 30.1. The summed E-state index contributed by atoms with van der Waals surface area (Å²) in [6.07, 6.45) is -2.27. The van der Waals surface area contributed by atoms with Gasteiger partial charge in [0.15, 0.2) is 0 Å². The molecule has 0 saturated carbocycles. The second-order valence-corrected chi connectivity index (χ2v) is 9.26. The molecule has 0 aromatic heterocycles. The number of anilines is 1. The summed E-state index contributed by atoms with van der Waals surface area (Å²) >= 11 is 0. The van der Waals surface area contributed by atoms with Crippen molar-refractivity contribution in [1.82, 2.24) is 14.9 Å². The summed E-state index contributed by atoms with van der Waals surface area (Å²) in [5, 5.41) is 4.43. The average Bonchev–Trinajstić information content (AvgIpc) is 3.37. The van der Waals surface area contributed by atoms with Gasteiger partial charge >= 0.3 is 6.18 Å². The molecule has 13 heteroatoms. The van der Waals surface area contributed by atoms with E-state index in [-0.39, 0.29) is 17.1 Å². The van der Waals surface area contributed by atoms with Crippen LogP contribution in [0, 0.1) is 0 Å². The highest BCUT2D eigenvalue weighted by atomic mass is 32.2. The van der Waals surface area contributed by atoms with Crippen LogP contribution in [0.4, 0.5) is 18.9 Å². The van der Waals surface area contributed by atoms with Crippen molar-refractivity contribution in [2.45, 2.75) is 42.8 Å². The third kappa shape index (κ3) is 6.66. The molecule has 2 heterocycles. The van der Waals surface area contributed by atoms with Crippen LogP contribution in [0.1, 0.15) is 25.7 Å². The first-order valence-corrected chi connectivity index (χ1v) is 11.6. The zero-order valence-electron chi connectivity index (χ0n) is 17.1. The Bertz CT molecular complexity index is 997. The smallest absolute Gasteiger partial charge is 0.346 e. The Labute approximate surface area is 183 Å². The van der Waals surface area contributed by atoms with Crippen molar-refractivity contribution in [3.05, 3.63) is 24.3 Å². The van der Waals surface area contributed by atoms with E-state index in [9.17, 15) is 31.2 Å². The van der Waals surface area contributed by atoms with Crippen LogP contribution in [0.15, 0.2) is 34.2 Å². The van der Waals surface area contributed by atoms with Crippen molar-refractivity contribution < 1.29 is 31.2 Å². The molecule has 0 radical (unpaired) electrons. The van der Waals surface area contributed by atoms with E-state index < -0.39 is 40.6 Å². The van der Waals surface area contributed by atoms with Crippen molar-refractivity contribution in [3.8, 4) is 0 Å². The summed E-state index contributed by atoms with van der Waals surface area (Å²) in [7, 11) is -3.85. The van der Waals surface area contributed by atoms with Gasteiger partial charge in [-0.15, -0.1) is 0 Å². The molecule has 1 saturated heterocycles. The first-order chi connectivity index (χ1) is 15.0. The van der Waals surface area contributed by atoms with Crippen LogP contribution >= 0.6 is 0 Å². The van der Waals surface area contributed by atoms with Crippen LogP contribution in [0.2, 0.25) is 0 Å². The van der Waals surface area contributed by atoms with E-state index in [1.54, 1.807) is 0 Å². The Balaban J connectivity index is 1.58. The van der Waals surface area contributed by atoms with Crippen LogP contribution in [0.25, 0.3) is 0 Å². The minimum absolute atomic E-state index is 0.0459. The van der Waals surface area contributed by atoms with Gasteiger partial charge in [0.2, 0.25) is 11.8 Å². The van der Waals surface area contributed by atoms with Gasteiger partial charge in [0.1, 0.15) is 12.4 Å². The zero-order valence-corrected chi connectivity index (χ0v) is 17.9. The predicted octanol–water partition coefficient (Wildman–Crippen LogP) is 1.24. The second kappa shape index (κ2) is 9.86. The largest absolute Gasteiger partial charge is 0.405 e. The van der Waals surface area contributed by atoms with Gasteiger partial charge in [0.05, 0.1) is 17.5 Å². The number of sulfonamides is 1. The summed E-state index contributed by atoms with van der Waals surface area (Å²) in [5.41, 5.74) is 0.239. The molecule has 1 aromatic carbocycles. The van der Waals surface area contributed by atoms with E-state index in [1.807, 2.05) is 5.32 Å². The molecule has 32 heavy (non-hydrogen) atoms. The number of hydrogen-bond acceptors (Lipinski definition) is 6. The average molecular weight is 475 g/mol. The summed E-state index contributed by atoms with van der Waals surface area (Å²) < 4.78 is 64.5. The molecule has 1 unspecified atom stereocenters. The molecule has 1 atom stereocenters. The van der Waals surface area contributed by atoms with Gasteiger partial charge in [-0.2, -0.15) is 13.2 Å². The van der Waals surface area contributed by atoms with E-state index >= 15 is 0 Å². The molecule has 1 fully saturated rings. The first kappa shape index (κ1) is 24.0. The van der Waals surface area contributed by atoms with Gasteiger partial charge in [0.25, 0.3) is 10.0 Å². The van der Waals surface area contributed by atoms with Crippen LogP contribution < -0.4 is 15.4 Å². The summed E-state index contributed by atoms with van der Waals surface area (Å²) in [6, 6.07) is 4.85. The Morgan fingerprint density at radius 1 is 1.22 bits per heavy atom. The van der Waals surface area contributed by atoms with Crippen molar-refractivity contribution >= 4 is 33.4 Å². The maximum Gasteiger partial charge on any atom is 0.405 e. The van der Waals surface area contributed by atoms with Crippen LogP contribution in [-0.4, -0.2) is 69.4 Å². The van der Waals surface area contributed by atoms with Crippen molar-refractivity contribution in [2.75, 3.05) is 31.5 Å². The topological polar surface area (TPSA) is 120 Å². The highest BCUT2D eigenvalue weighted by molar-refractivity contribution is 7.90. The number of halogens is 3.